The molecule has 2 N–H and O–H groups in total. The smallest absolute Gasteiger partial charge is 0.309 e. The highest BCUT2D eigenvalue weighted by molar-refractivity contribution is 6.35. The van der Waals surface area contributed by atoms with Crippen LogP contribution in [-0.2, 0) is 9.59 Å². The Morgan fingerprint density at radius 1 is 1.16 bits per heavy atom. The van der Waals surface area contributed by atoms with Gasteiger partial charge in [0.15, 0.2) is 0 Å². The lowest BCUT2D eigenvalue weighted by atomic mass is 9.96. The summed E-state index contributed by atoms with van der Waals surface area (Å²) in [6.07, 6.45) is 3.02. The summed E-state index contributed by atoms with van der Waals surface area (Å²) in [5.41, 5.74) is 0. The van der Waals surface area contributed by atoms with E-state index in [1.54, 1.807) is 0 Å². The van der Waals surface area contributed by atoms with E-state index in [2.05, 4.69) is 29.4 Å². The Hall–Kier alpha value is -1.10. The lowest BCUT2D eigenvalue weighted by Gasteiger charge is -2.34. The third kappa shape index (κ3) is 5.59. The number of carbonyl (C=O) groups excluding carboxylic acids is 2. The number of hydrogen-bond acceptors (Lipinski definition) is 3. The van der Waals surface area contributed by atoms with Crippen LogP contribution < -0.4 is 10.6 Å². The fourth-order valence-electron chi connectivity index (χ4n) is 2.31. The van der Waals surface area contributed by atoms with Crippen LogP contribution in [-0.4, -0.2) is 48.9 Å². The van der Waals surface area contributed by atoms with E-state index in [1.807, 2.05) is 6.92 Å². The van der Waals surface area contributed by atoms with E-state index in [0.29, 0.717) is 25.0 Å². The summed E-state index contributed by atoms with van der Waals surface area (Å²) in [6, 6.07) is 0.593. The summed E-state index contributed by atoms with van der Waals surface area (Å²) in [4.78, 5) is 25.4. The minimum absolute atomic E-state index is 0.498. The molecule has 1 fully saturated rings. The zero-order valence-corrected chi connectivity index (χ0v) is 12.4. The van der Waals surface area contributed by atoms with Gasteiger partial charge in [-0.2, -0.15) is 0 Å². The zero-order chi connectivity index (χ0) is 14.3. The number of piperidine rings is 1. The molecule has 1 saturated heterocycles. The highest BCUT2D eigenvalue weighted by atomic mass is 16.2. The van der Waals surface area contributed by atoms with E-state index in [0.717, 1.165) is 32.4 Å². The van der Waals surface area contributed by atoms with Crippen LogP contribution in [0.25, 0.3) is 0 Å². The number of nitrogens with one attached hydrogen (secondary N) is 2. The zero-order valence-electron chi connectivity index (χ0n) is 12.4. The van der Waals surface area contributed by atoms with Crippen LogP contribution >= 0.6 is 0 Å². The summed E-state index contributed by atoms with van der Waals surface area (Å²) in [6.45, 7) is 9.71. The van der Waals surface area contributed by atoms with Gasteiger partial charge < -0.3 is 15.5 Å². The van der Waals surface area contributed by atoms with Crippen molar-refractivity contribution in [2.24, 2.45) is 5.92 Å². The van der Waals surface area contributed by atoms with Gasteiger partial charge in [0.1, 0.15) is 0 Å². The van der Waals surface area contributed by atoms with Gasteiger partial charge in [0.2, 0.25) is 0 Å². The second-order valence-electron chi connectivity index (χ2n) is 5.54. The van der Waals surface area contributed by atoms with Gasteiger partial charge in [-0.05, 0) is 52.1 Å². The third-order valence-electron chi connectivity index (χ3n) is 3.67. The average Bonchev–Trinajstić information content (AvgIpc) is 2.42. The van der Waals surface area contributed by atoms with Gasteiger partial charge >= 0.3 is 11.8 Å². The Labute approximate surface area is 116 Å². The first-order chi connectivity index (χ1) is 9.04. The van der Waals surface area contributed by atoms with Crippen LogP contribution in [0.15, 0.2) is 0 Å². The van der Waals surface area contributed by atoms with Crippen molar-refractivity contribution in [3.8, 4) is 0 Å². The molecule has 0 radical (unpaired) electrons. The van der Waals surface area contributed by atoms with Gasteiger partial charge in [0.25, 0.3) is 0 Å². The van der Waals surface area contributed by atoms with E-state index < -0.39 is 11.8 Å². The molecule has 0 atom stereocenters. The van der Waals surface area contributed by atoms with Crippen molar-refractivity contribution in [2.45, 2.75) is 46.1 Å². The van der Waals surface area contributed by atoms with Crippen molar-refractivity contribution in [3.63, 3.8) is 0 Å². The Bertz CT molecular complexity index is 297. The van der Waals surface area contributed by atoms with Crippen molar-refractivity contribution >= 4 is 11.8 Å². The van der Waals surface area contributed by atoms with E-state index in [-0.39, 0.29) is 0 Å². The molecule has 2 amide bonds. The van der Waals surface area contributed by atoms with Gasteiger partial charge in [0.05, 0.1) is 0 Å². The average molecular weight is 269 g/mol. The summed E-state index contributed by atoms with van der Waals surface area (Å²) < 4.78 is 0. The number of rotatable bonds is 5. The number of amides is 2. The first kappa shape index (κ1) is 16.0. The predicted octanol–water partition coefficient (Wildman–Crippen LogP) is 0.749. The van der Waals surface area contributed by atoms with Crippen LogP contribution in [0.4, 0.5) is 0 Å². The van der Waals surface area contributed by atoms with Crippen LogP contribution in [0.5, 0.6) is 0 Å². The van der Waals surface area contributed by atoms with Crippen LogP contribution in [0.2, 0.25) is 0 Å². The fourth-order valence-corrected chi connectivity index (χ4v) is 2.31. The topological polar surface area (TPSA) is 61.4 Å². The van der Waals surface area contributed by atoms with Crippen LogP contribution in [0.1, 0.15) is 40.0 Å². The standard InChI is InChI=1S/C14H27N3O2/c1-4-7-15-13(18)14(19)16-10-12-5-8-17(9-6-12)11(2)3/h11-12H,4-10H2,1-3H3,(H,15,18)(H,16,19). The van der Waals surface area contributed by atoms with Gasteiger partial charge in [-0.1, -0.05) is 6.92 Å². The number of carbonyl (C=O) groups is 2. The molecule has 1 aliphatic rings. The maximum absolute atomic E-state index is 11.5. The first-order valence-electron chi connectivity index (χ1n) is 7.34. The van der Waals surface area contributed by atoms with Gasteiger partial charge in [-0.15, -0.1) is 0 Å². The highest BCUT2D eigenvalue weighted by Gasteiger charge is 2.22. The quantitative estimate of drug-likeness (QED) is 0.724. The maximum atomic E-state index is 11.5. The van der Waals surface area contributed by atoms with Gasteiger partial charge in [0, 0.05) is 19.1 Å². The SMILES string of the molecule is CCCNC(=O)C(=O)NCC1CCN(C(C)C)CC1. The van der Waals surface area contributed by atoms with Gasteiger partial charge in [-0.25, -0.2) is 0 Å². The maximum Gasteiger partial charge on any atom is 0.309 e. The summed E-state index contributed by atoms with van der Waals surface area (Å²) >= 11 is 0. The molecule has 1 aliphatic heterocycles. The second-order valence-corrected chi connectivity index (χ2v) is 5.54. The molecule has 0 saturated carbocycles. The molecule has 0 spiro atoms. The van der Waals surface area contributed by atoms with Crippen molar-refractivity contribution < 1.29 is 9.59 Å². The van der Waals surface area contributed by atoms with Crippen LogP contribution in [0, 0.1) is 5.92 Å². The minimum atomic E-state index is -0.513. The molecule has 1 rings (SSSR count). The van der Waals surface area contributed by atoms with Crippen molar-refractivity contribution in [1.29, 1.82) is 0 Å². The molecule has 0 unspecified atom stereocenters. The lowest BCUT2D eigenvalue weighted by Crippen LogP contribution is -2.45. The summed E-state index contributed by atoms with van der Waals surface area (Å²) in [5.74, 6) is -0.515. The van der Waals surface area contributed by atoms with Crippen LogP contribution in [0.3, 0.4) is 0 Å². The second kappa shape index (κ2) is 8.15. The number of hydrogen-bond donors (Lipinski definition) is 2. The normalized spacial score (nSPS) is 17.5. The Morgan fingerprint density at radius 3 is 2.26 bits per heavy atom. The van der Waals surface area contributed by atoms with Crippen molar-refractivity contribution in [2.75, 3.05) is 26.2 Å². The molecular weight excluding hydrogens is 242 g/mol. The molecule has 5 heteroatoms. The van der Waals surface area contributed by atoms with E-state index in [4.69, 9.17) is 0 Å². The fraction of sp³-hybridized carbons (Fsp3) is 0.857. The largest absolute Gasteiger partial charge is 0.348 e. The van der Waals surface area contributed by atoms with Gasteiger partial charge in [-0.3, -0.25) is 9.59 Å². The monoisotopic (exact) mass is 269 g/mol. The number of nitrogens with zero attached hydrogens (tertiary/aromatic N) is 1. The van der Waals surface area contributed by atoms with Crippen molar-refractivity contribution in [1.82, 2.24) is 15.5 Å². The molecule has 110 valence electrons. The first-order valence-corrected chi connectivity index (χ1v) is 7.34. The molecule has 0 aromatic heterocycles. The van der Waals surface area contributed by atoms with E-state index >= 15 is 0 Å². The van der Waals surface area contributed by atoms with E-state index in [1.165, 1.54) is 0 Å². The Kier molecular flexibility index (Phi) is 6.84. The van der Waals surface area contributed by atoms with E-state index in [9.17, 15) is 9.59 Å². The molecule has 0 bridgehead atoms. The summed E-state index contributed by atoms with van der Waals surface area (Å²) in [5, 5.41) is 5.32. The molecule has 19 heavy (non-hydrogen) atoms. The molecule has 5 nitrogen and oxygen atoms in total. The molecule has 0 aliphatic carbocycles. The third-order valence-corrected chi connectivity index (χ3v) is 3.67. The van der Waals surface area contributed by atoms with Crippen molar-refractivity contribution in [3.05, 3.63) is 0 Å². The predicted molar refractivity (Wildman–Crippen MR) is 75.7 cm³/mol. The molecule has 0 aromatic carbocycles. The Morgan fingerprint density at radius 2 is 1.74 bits per heavy atom. The lowest BCUT2D eigenvalue weighted by molar-refractivity contribution is -0.139. The Balaban J connectivity index is 2.19. The minimum Gasteiger partial charge on any atom is -0.348 e. The molecular formula is C14H27N3O2. The molecule has 0 aromatic rings. The molecule has 1 heterocycles. The highest BCUT2D eigenvalue weighted by Crippen LogP contribution is 2.17. The summed E-state index contributed by atoms with van der Waals surface area (Å²) in [7, 11) is 0. The number of likely N-dealkylation sites (tertiary alicyclic amines) is 1.